The van der Waals surface area contributed by atoms with Gasteiger partial charge in [-0.1, -0.05) is 55.3 Å². The summed E-state index contributed by atoms with van der Waals surface area (Å²) in [5, 5.41) is 6.43. The van der Waals surface area contributed by atoms with E-state index in [1.807, 2.05) is 37.3 Å². The maximum Gasteiger partial charge on any atom is 0.332 e. The van der Waals surface area contributed by atoms with Crippen molar-refractivity contribution in [1.82, 2.24) is 19.8 Å². The van der Waals surface area contributed by atoms with Crippen molar-refractivity contribution < 1.29 is 14.0 Å². The molecule has 0 radical (unpaired) electrons. The number of carbonyl (C=O) groups excluding carboxylic acids is 2. The third kappa shape index (κ3) is 5.41. The van der Waals surface area contributed by atoms with Crippen LogP contribution in [-0.2, 0) is 29.1 Å². The molecule has 0 aliphatic heterocycles. The van der Waals surface area contributed by atoms with Crippen molar-refractivity contribution in [1.29, 1.82) is 0 Å². The molecular weight excluding hydrogens is 484 g/mol. The number of rotatable bonds is 9. The Morgan fingerprint density at radius 3 is 2.39 bits per heavy atom. The fraction of sp³-hybridized carbons (Fsp3) is 0.379. The van der Waals surface area contributed by atoms with Gasteiger partial charge in [0.25, 0.3) is 5.56 Å². The highest BCUT2D eigenvalue weighted by Gasteiger charge is 2.24. The zero-order valence-corrected chi connectivity index (χ0v) is 21.4. The topological polar surface area (TPSA) is 115 Å². The third-order valence-electron chi connectivity index (χ3n) is 7.18. The Morgan fingerprint density at radius 1 is 0.947 bits per heavy atom. The number of benzene rings is 2. The molecule has 2 heterocycles. The van der Waals surface area contributed by atoms with Crippen LogP contribution in [0.5, 0.6) is 0 Å². The number of aryl methyl sites for hydroxylation is 1. The van der Waals surface area contributed by atoms with E-state index >= 15 is 0 Å². The van der Waals surface area contributed by atoms with E-state index in [1.165, 1.54) is 10.1 Å². The molecule has 9 heteroatoms. The van der Waals surface area contributed by atoms with Crippen molar-refractivity contribution in [3.05, 3.63) is 81.0 Å². The minimum Gasteiger partial charge on any atom is -0.449 e. The average molecular weight is 517 g/mol. The third-order valence-corrected chi connectivity index (χ3v) is 7.18. The van der Waals surface area contributed by atoms with Crippen molar-refractivity contribution >= 4 is 33.9 Å². The van der Waals surface area contributed by atoms with Gasteiger partial charge in [-0.25, -0.2) is 9.36 Å². The summed E-state index contributed by atoms with van der Waals surface area (Å²) in [4.78, 5) is 52.7. The van der Waals surface area contributed by atoms with Crippen LogP contribution in [0.15, 0.2) is 68.6 Å². The minimum atomic E-state index is -0.720. The highest BCUT2D eigenvalue weighted by atomic mass is 16.3. The molecule has 1 saturated carbocycles. The van der Waals surface area contributed by atoms with Crippen LogP contribution in [0.1, 0.15) is 44.6 Å². The minimum absolute atomic E-state index is 0.0515. The highest BCUT2D eigenvalue weighted by molar-refractivity contribution is 6.02. The van der Waals surface area contributed by atoms with Crippen molar-refractivity contribution in [3.8, 4) is 0 Å². The van der Waals surface area contributed by atoms with Gasteiger partial charge in [0.15, 0.2) is 0 Å². The van der Waals surface area contributed by atoms with Gasteiger partial charge in [-0.05, 0) is 50.3 Å². The number of hydrogen-bond donors (Lipinski definition) is 2. The first-order valence-electron chi connectivity index (χ1n) is 13.2. The number of hydrogen-bond acceptors (Lipinski definition) is 5. The van der Waals surface area contributed by atoms with Gasteiger partial charge in [0, 0.05) is 17.5 Å². The van der Waals surface area contributed by atoms with E-state index < -0.39 is 23.7 Å². The SMILES string of the molecule is C[C@H](CCc1ccccc1)NC(=O)Cn1c(=O)n(CC(=O)NC2CCCC2)c(=O)c2oc3ccccc3c21. The first-order chi connectivity index (χ1) is 18.4. The summed E-state index contributed by atoms with van der Waals surface area (Å²) in [6.07, 6.45) is 5.39. The number of aromatic nitrogens is 2. The van der Waals surface area contributed by atoms with E-state index in [-0.39, 0.29) is 35.6 Å². The summed E-state index contributed by atoms with van der Waals surface area (Å²) in [5.41, 5.74) is 0.412. The molecule has 198 valence electrons. The molecule has 2 amide bonds. The monoisotopic (exact) mass is 516 g/mol. The number of fused-ring (bicyclic) bond motifs is 3. The van der Waals surface area contributed by atoms with Crippen LogP contribution >= 0.6 is 0 Å². The second-order valence-corrected chi connectivity index (χ2v) is 10.1. The second kappa shape index (κ2) is 11.1. The van der Waals surface area contributed by atoms with Crippen molar-refractivity contribution in [3.63, 3.8) is 0 Å². The number of nitrogens with one attached hydrogen (secondary N) is 2. The molecule has 2 aromatic carbocycles. The number of carbonyl (C=O) groups is 2. The summed E-state index contributed by atoms with van der Waals surface area (Å²) in [6.45, 7) is 1.18. The Kier molecular flexibility index (Phi) is 7.44. The van der Waals surface area contributed by atoms with Gasteiger partial charge in [0.2, 0.25) is 17.4 Å². The normalized spacial score (nSPS) is 14.7. The van der Waals surface area contributed by atoms with Crippen LogP contribution in [0.2, 0.25) is 0 Å². The molecule has 4 aromatic rings. The number of amides is 2. The van der Waals surface area contributed by atoms with Gasteiger partial charge in [0.05, 0.1) is 0 Å². The smallest absolute Gasteiger partial charge is 0.332 e. The Morgan fingerprint density at radius 2 is 1.63 bits per heavy atom. The van der Waals surface area contributed by atoms with E-state index in [9.17, 15) is 19.2 Å². The largest absolute Gasteiger partial charge is 0.449 e. The lowest BCUT2D eigenvalue weighted by Crippen LogP contribution is -2.46. The van der Waals surface area contributed by atoms with Crippen molar-refractivity contribution in [2.45, 2.75) is 70.6 Å². The molecule has 9 nitrogen and oxygen atoms in total. The lowest BCUT2D eigenvalue weighted by atomic mass is 10.1. The molecule has 2 aromatic heterocycles. The Balaban J connectivity index is 1.42. The summed E-state index contributed by atoms with van der Waals surface area (Å²) in [5.74, 6) is -0.767. The van der Waals surface area contributed by atoms with Crippen LogP contribution in [-0.4, -0.2) is 33.0 Å². The molecule has 0 spiro atoms. The van der Waals surface area contributed by atoms with E-state index in [0.717, 1.165) is 43.1 Å². The summed E-state index contributed by atoms with van der Waals surface area (Å²) in [7, 11) is 0. The van der Waals surface area contributed by atoms with Gasteiger partial charge in [-0.15, -0.1) is 0 Å². The molecule has 1 aliphatic rings. The molecule has 0 unspecified atom stereocenters. The molecule has 0 bridgehead atoms. The lowest BCUT2D eigenvalue weighted by Gasteiger charge is -2.16. The summed E-state index contributed by atoms with van der Waals surface area (Å²) < 4.78 is 7.93. The molecule has 38 heavy (non-hydrogen) atoms. The molecular formula is C29H32N4O5. The van der Waals surface area contributed by atoms with Crippen LogP contribution in [0.4, 0.5) is 0 Å². The van der Waals surface area contributed by atoms with Gasteiger partial charge >= 0.3 is 5.69 Å². The first kappa shape index (κ1) is 25.5. The van der Waals surface area contributed by atoms with Gasteiger partial charge in [-0.2, -0.15) is 0 Å². The maximum atomic E-state index is 13.6. The van der Waals surface area contributed by atoms with E-state index in [4.69, 9.17) is 4.42 Å². The van der Waals surface area contributed by atoms with Crippen molar-refractivity contribution in [2.75, 3.05) is 0 Å². The Labute approximate surface area is 219 Å². The van der Waals surface area contributed by atoms with Crippen molar-refractivity contribution in [2.24, 2.45) is 0 Å². The standard InChI is InChI=1S/C29H32N4O5/c1-19(15-16-20-9-3-2-4-10-20)30-24(34)17-32-26-22-13-7-8-14-23(22)38-27(26)28(36)33(29(32)37)18-25(35)31-21-11-5-6-12-21/h2-4,7-10,13-14,19,21H,5-6,11-12,15-18H2,1H3,(H,30,34)(H,31,35)/t19-/m1/s1. The first-order valence-corrected chi connectivity index (χ1v) is 13.2. The van der Waals surface area contributed by atoms with Crippen LogP contribution in [0.25, 0.3) is 22.1 Å². The summed E-state index contributed by atoms with van der Waals surface area (Å²) in [6, 6.07) is 16.9. The fourth-order valence-electron chi connectivity index (χ4n) is 5.23. The molecule has 2 N–H and O–H groups in total. The van der Waals surface area contributed by atoms with E-state index in [1.54, 1.807) is 24.3 Å². The van der Waals surface area contributed by atoms with E-state index in [2.05, 4.69) is 10.6 Å². The van der Waals surface area contributed by atoms with E-state index in [0.29, 0.717) is 11.0 Å². The fourth-order valence-corrected chi connectivity index (χ4v) is 5.23. The Bertz CT molecular complexity index is 1580. The summed E-state index contributed by atoms with van der Waals surface area (Å²) >= 11 is 0. The molecule has 0 saturated heterocycles. The van der Waals surface area contributed by atoms with Crippen LogP contribution in [0.3, 0.4) is 0 Å². The van der Waals surface area contributed by atoms with Crippen LogP contribution in [0, 0.1) is 0 Å². The molecule has 5 rings (SSSR count). The average Bonchev–Trinajstić information content (AvgIpc) is 3.56. The number of furan rings is 1. The molecule has 1 atom stereocenters. The van der Waals surface area contributed by atoms with Gasteiger partial charge in [-0.3, -0.25) is 19.0 Å². The maximum absolute atomic E-state index is 13.6. The van der Waals surface area contributed by atoms with Gasteiger partial charge in [0.1, 0.15) is 24.2 Å². The second-order valence-electron chi connectivity index (χ2n) is 10.1. The van der Waals surface area contributed by atoms with Gasteiger partial charge < -0.3 is 15.1 Å². The highest BCUT2D eigenvalue weighted by Crippen LogP contribution is 2.25. The quantitative estimate of drug-likeness (QED) is 0.355. The van der Waals surface area contributed by atoms with Crippen LogP contribution < -0.4 is 21.9 Å². The Hall–Kier alpha value is -4.14. The zero-order valence-electron chi connectivity index (χ0n) is 21.4. The predicted octanol–water partition coefficient (Wildman–Crippen LogP) is 3.11. The number of para-hydroxylation sites is 1. The number of nitrogens with zero attached hydrogens (tertiary/aromatic N) is 2. The molecule has 1 fully saturated rings. The molecule has 1 aliphatic carbocycles. The lowest BCUT2D eigenvalue weighted by molar-refractivity contribution is -0.122. The zero-order chi connectivity index (χ0) is 26.6. The predicted molar refractivity (Wildman–Crippen MR) is 145 cm³/mol.